The van der Waals surface area contributed by atoms with Crippen molar-refractivity contribution >= 4 is 51.9 Å². The Hall–Kier alpha value is -2.52. The molecule has 1 aliphatic carbocycles. The Kier molecular flexibility index (Phi) is 6.22. The summed E-state index contributed by atoms with van der Waals surface area (Å²) < 4.78 is 2.11. The average Bonchev–Trinajstić information content (AvgIpc) is 3.07. The topological polar surface area (TPSA) is 95.5 Å². The fraction of sp³-hybridized carbons (Fsp3) is 0.478. The second kappa shape index (κ2) is 8.78. The summed E-state index contributed by atoms with van der Waals surface area (Å²) in [4.78, 5) is 41.6. The van der Waals surface area contributed by atoms with E-state index in [4.69, 9.17) is 12.2 Å². The molecule has 3 aromatic rings. The number of amides is 2. The normalized spacial score (nSPS) is 21.2. The molecule has 170 valence electrons. The average molecular weight is 473 g/mol. The maximum absolute atomic E-state index is 13.1. The predicted molar refractivity (Wildman–Crippen MR) is 130 cm³/mol. The van der Waals surface area contributed by atoms with Crippen LogP contribution in [0.3, 0.4) is 0 Å². The lowest BCUT2D eigenvalue weighted by Crippen LogP contribution is -2.43. The monoisotopic (exact) mass is 472 g/mol. The van der Waals surface area contributed by atoms with Gasteiger partial charge in [0.15, 0.2) is 3.95 Å². The van der Waals surface area contributed by atoms with E-state index < -0.39 is 0 Å². The van der Waals surface area contributed by atoms with Crippen molar-refractivity contribution in [3.63, 3.8) is 0 Å². The molecule has 3 N–H and O–H groups in total. The van der Waals surface area contributed by atoms with Crippen LogP contribution in [0, 0.1) is 15.8 Å². The highest BCUT2D eigenvalue weighted by atomic mass is 32.1. The Morgan fingerprint density at radius 1 is 1.22 bits per heavy atom. The van der Waals surface area contributed by atoms with Gasteiger partial charge in [0.05, 0.1) is 10.9 Å². The summed E-state index contributed by atoms with van der Waals surface area (Å²) in [5.41, 5.74) is 1.01. The smallest absolute Gasteiger partial charge is 0.265 e. The third-order valence-electron chi connectivity index (χ3n) is 6.44. The molecule has 0 saturated heterocycles. The van der Waals surface area contributed by atoms with Crippen LogP contribution in [0.1, 0.15) is 67.0 Å². The first-order valence-corrected chi connectivity index (χ1v) is 12.2. The summed E-state index contributed by atoms with van der Waals surface area (Å²) in [6.07, 6.45) is 3.27. The van der Waals surface area contributed by atoms with Crippen molar-refractivity contribution in [3.05, 3.63) is 42.9 Å². The number of hydrogen-bond donors (Lipinski definition) is 3. The van der Waals surface area contributed by atoms with Crippen molar-refractivity contribution in [3.8, 4) is 0 Å². The lowest BCUT2D eigenvalue weighted by atomic mass is 9.78. The van der Waals surface area contributed by atoms with Crippen LogP contribution in [0.5, 0.6) is 0 Å². The molecule has 0 aliphatic heterocycles. The summed E-state index contributed by atoms with van der Waals surface area (Å²) in [5, 5.41) is 6.44. The quantitative estimate of drug-likeness (QED) is 0.494. The third kappa shape index (κ3) is 4.11. The minimum Gasteiger partial charge on any atom is -0.349 e. The number of hydrogen-bond acceptors (Lipinski definition) is 5. The van der Waals surface area contributed by atoms with Gasteiger partial charge in [0.2, 0.25) is 0 Å². The molecule has 3 atom stereocenters. The molecule has 1 fully saturated rings. The van der Waals surface area contributed by atoms with E-state index in [2.05, 4.69) is 29.5 Å². The van der Waals surface area contributed by atoms with Gasteiger partial charge in [-0.2, -0.15) is 0 Å². The highest BCUT2D eigenvalue weighted by Crippen LogP contribution is 2.30. The van der Waals surface area contributed by atoms with Crippen LogP contribution in [-0.2, 0) is 0 Å². The van der Waals surface area contributed by atoms with Crippen LogP contribution in [0.25, 0.3) is 16.6 Å². The summed E-state index contributed by atoms with van der Waals surface area (Å²) >= 11 is 6.66. The van der Waals surface area contributed by atoms with Gasteiger partial charge in [0, 0.05) is 17.6 Å². The molecule has 3 unspecified atom stereocenters. The van der Waals surface area contributed by atoms with Gasteiger partial charge in [-0.15, -0.1) is 0 Å². The molecule has 2 amide bonds. The number of fused-ring (bicyclic) bond motifs is 3. The van der Waals surface area contributed by atoms with E-state index in [9.17, 15) is 14.4 Å². The zero-order valence-electron chi connectivity index (χ0n) is 18.7. The van der Waals surface area contributed by atoms with Crippen LogP contribution in [0.2, 0.25) is 0 Å². The van der Waals surface area contributed by atoms with Gasteiger partial charge >= 0.3 is 0 Å². The number of nitrogens with one attached hydrogen (secondary N) is 3. The third-order valence-corrected chi connectivity index (χ3v) is 7.81. The van der Waals surface area contributed by atoms with Crippen LogP contribution < -0.4 is 16.2 Å². The molecule has 32 heavy (non-hydrogen) atoms. The molecule has 1 aliphatic rings. The molecular formula is C23H28N4O3S2. The standard InChI is InChI=1S/C23H28N4O3S2/c1-11(2)24-22(30)18-19-26-21(29)15-9-8-14(10-17(15)27(19)23(31)32-18)20(28)25-16-7-5-6-12(3)13(16)4/h8-13,16H,5-7H2,1-4H3,(H,24,30)(H,25,28)(H,26,29). The van der Waals surface area contributed by atoms with E-state index in [1.54, 1.807) is 22.6 Å². The van der Waals surface area contributed by atoms with Crippen molar-refractivity contribution in [2.24, 2.45) is 11.8 Å². The van der Waals surface area contributed by atoms with Gasteiger partial charge in [-0.25, -0.2) is 0 Å². The van der Waals surface area contributed by atoms with Gasteiger partial charge in [0.1, 0.15) is 10.5 Å². The van der Waals surface area contributed by atoms with Gasteiger partial charge in [-0.3, -0.25) is 18.8 Å². The summed E-state index contributed by atoms with van der Waals surface area (Å²) in [7, 11) is 0. The number of nitrogens with zero attached hydrogens (tertiary/aromatic N) is 1. The molecule has 1 saturated carbocycles. The maximum Gasteiger partial charge on any atom is 0.265 e. The van der Waals surface area contributed by atoms with E-state index in [-0.39, 0.29) is 29.5 Å². The minimum absolute atomic E-state index is 0.0504. The maximum atomic E-state index is 13.1. The Bertz CT molecular complexity index is 1320. The van der Waals surface area contributed by atoms with E-state index in [0.29, 0.717) is 42.8 Å². The zero-order valence-corrected chi connectivity index (χ0v) is 20.3. The fourth-order valence-corrected chi connectivity index (χ4v) is 5.74. The first kappa shape index (κ1) is 22.7. The number of H-pyrrole nitrogens is 1. The van der Waals surface area contributed by atoms with Crippen LogP contribution >= 0.6 is 23.6 Å². The zero-order chi connectivity index (χ0) is 23.2. The summed E-state index contributed by atoms with van der Waals surface area (Å²) in [6, 6.07) is 5.08. The van der Waals surface area contributed by atoms with Gasteiger partial charge < -0.3 is 15.6 Å². The van der Waals surface area contributed by atoms with E-state index in [1.165, 1.54) is 6.42 Å². The minimum atomic E-state index is -0.326. The number of thiazole rings is 1. The number of rotatable bonds is 4. The van der Waals surface area contributed by atoms with Crippen molar-refractivity contribution in [1.29, 1.82) is 0 Å². The van der Waals surface area contributed by atoms with Crippen molar-refractivity contribution < 1.29 is 9.59 Å². The molecule has 4 rings (SSSR count). The van der Waals surface area contributed by atoms with Crippen molar-refractivity contribution in [2.75, 3.05) is 0 Å². The molecule has 0 bridgehead atoms. The Morgan fingerprint density at radius 3 is 2.69 bits per heavy atom. The Morgan fingerprint density at radius 2 is 1.97 bits per heavy atom. The number of aromatic nitrogens is 2. The Labute approximate surface area is 195 Å². The molecule has 0 spiro atoms. The molecule has 0 radical (unpaired) electrons. The second-order valence-electron chi connectivity index (χ2n) is 9.04. The van der Waals surface area contributed by atoms with Crippen LogP contribution in [-0.4, -0.2) is 33.3 Å². The first-order valence-electron chi connectivity index (χ1n) is 11.0. The molecular weight excluding hydrogens is 444 g/mol. The van der Waals surface area contributed by atoms with Crippen LogP contribution in [0.4, 0.5) is 0 Å². The lowest BCUT2D eigenvalue weighted by Gasteiger charge is -2.34. The van der Waals surface area contributed by atoms with Crippen molar-refractivity contribution in [2.45, 2.75) is 59.0 Å². The number of carbonyl (C=O) groups excluding carboxylic acids is 2. The largest absolute Gasteiger partial charge is 0.349 e. The molecule has 2 heterocycles. The Balaban J connectivity index is 1.77. The number of aromatic amines is 1. The number of benzene rings is 1. The first-order chi connectivity index (χ1) is 15.2. The highest BCUT2D eigenvalue weighted by Gasteiger charge is 2.28. The van der Waals surface area contributed by atoms with Crippen molar-refractivity contribution in [1.82, 2.24) is 20.0 Å². The van der Waals surface area contributed by atoms with E-state index in [1.807, 2.05) is 13.8 Å². The molecule has 7 nitrogen and oxygen atoms in total. The second-order valence-corrected chi connectivity index (χ2v) is 10.7. The number of carbonyl (C=O) groups is 2. The lowest BCUT2D eigenvalue weighted by molar-refractivity contribution is 0.0890. The summed E-state index contributed by atoms with van der Waals surface area (Å²) in [5.74, 6) is 0.535. The summed E-state index contributed by atoms with van der Waals surface area (Å²) in [6.45, 7) is 8.15. The predicted octanol–water partition coefficient (Wildman–Crippen LogP) is 4.26. The van der Waals surface area contributed by atoms with Gasteiger partial charge in [0.25, 0.3) is 17.4 Å². The molecule has 2 aromatic heterocycles. The van der Waals surface area contributed by atoms with E-state index in [0.717, 1.165) is 24.2 Å². The molecule has 1 aromatic carbocycles. The fourth-order valence-electron chi connectivity index (χ4n) is 4.45. The molecule has 9 heteroatoms. The van der Waals surface area contributed by atoms with Crippen LogP contribution in [0.15, 0.2) is 23.0 Å². The van der Waals surface area contributed by atoms with E-state index >= 15 is 0 Å². The van der Waals surface area contributed by atoms with Gasteiger partial charge in [-0.05, 0) is 62.5 Å². The SMILES string of the molecule is CC(C)NC(=O)c1sc(=S)n2c1[nH]c(=O)c1ccc(C(=O)NC3CCCC(C)C3C)cc12. The van der Waals surface area contributed by atoms with Gasteiger partial charge in [-0.1, -0.05) is 38.0 Å². The highest BCUT2D eigenvalue weighted by molar-refractivity contribution is 7.73.